The summed E-state index contributed by atoms with van der Waals surface area (Å²) < 4.78 is 2.58. The van der Waals surface area contributed by atoms with E-state index < -0.39 is 0 Å². The van der Waals surface area contributed by atoms with Crippen LogP contribution in [0.1, 0.15) is 0 Å². The van der Waals surface area contributed by atoms with E-state index in [0.717, 1.165) is 45.3 Å². The summed E-state index contributed by atoms with van der Waals surface area (Å²) in [6.07, 6.45) is 0. The average Bonchev–Trinajstić information content (AvgIpc) is 3.85. The van der Waals surface area contributed by atoms with Crippen molar-refractivity contribution < 1.29 is 0 Å². The first kappa shape index (κ1) is 42.1. The van der Waals surface area contributed by atoms with Gasteiger partial charge in [-0.2, -0.15) is 0 Å². The molecule has 0 aliphatic rings. The average molecular weight is 923 g/mol. The van der Waals surface area contributed by atoms with E-state index in [0.29, 0.717) is 0 Å². The van der Waals surface area contributed by atoms with E-state index in [1.54, 1.807) is 0 Å². The van der Waals surface area contributed by atoms with Gasteiger partial charge in [0.15, 0.2) is 0 Å². The van der Waals surface area contributed by atoms with Gasteiger partial charge in [0.25, 0.3) is 0 Å². The molecule has 0 saturated carbocycles. The van der Waals surface area contributed by atoms with E-state index in [4.69, 9.17) is 0 Å². The smallest absolute Gasteiger partial charge is 0.0640 e. The first-order valence-corrected chi connectivity index (χ1v) is 25.0. The number of benzene rings is 12. The molecule has 0 aliphatic heterocycles. The van der Waals surface area contributed by atoms with Crippen LogP contribution < -0.4 is 9.80 Å². The predicted octanol–water partition coefficient (Wildman–Crippen LogP) is 20.0. The summed E-state index contributed by atoms with van der Waals surface area (Å²) in [5.74, 6) is 0. The second-order valence-electron chi connectivity index (χ2n) is 18.1. The van der Waals surface area contributed by atoms with Gasteiger partial charge in [0.2, 0.25) is 0 Å². The lowest BCUT2D eigenvalue weighted by molar-refractivity contribution is 1.28. The predicted molar refractivity (Wildman–Crippen MR) is 305 cm³/mol. The summed E-state index contributed by atoms with van der Waals surface area (Å²) >= 11 is 1.89. The molecule has 0 fully saturated rings. The minimum absolute atomic E-state index is 1.08. The van der Waals surface area contributed by atoms with Crippen LogP contribution in [0.5, 0.6) is 0 Å². The Labute approximate surface area is 418 Å². The van der Waals surface area contributed by atoms with E-state index in [1.165, 1.54) is 75.1 Å². The first-order chi connectivity index (χ1) is 35.2. The van der Waals surface area contributed by atoms with Gasteiger partial charge in [0.05, 0.1) is 10.4 Å². The van der Waals surface area contributed by atoms with Gasteiger partial charge in [-0.05, 0) is 133 Å². The molecule has 0 N–H and O–H groups in total. The monoisotopic (exact) mass is 922 g/mol. The highest BCUT2D eigenvalue weighted by Crippen LogP contribution is 2.48. The number of anilines is 6. The van der Waals surface area contributed by atoms with Gasteiger partial charge in [0, 0.05) is 43.9 Å². The van der Waals surface area contributed by atoms with Crippen molar-refractivity contribution >= 4 is 87.2 Å². The molecule has 0 radical (unpaired) electrons. The number of nitrogens with zero attached hydrogens (tertiary/aromatic N) is 2. The molecular weight excluding hydrogens is 877 g/mol. The maximum Gasteiger partial charge on any atom is 0.0640 e. The largest absolute Gasteiger partial charge is 0.310 e. The Morgan fingerprint density at radius 2 is 0.648 bits per heavy atom. The summed E-state index contributed by atoms with van der Waals surface area (Å²) in [5.41, 5.74) is 16.0. The summed E-state index contributed by atoms with van der Waals surface area (Å²) in [7, 11) is 0. The Kier molecular flexibility index (Phi) is 10.8. The highest BCUT2D eigenvalue weighted by Gasteiger charge is 2.21. The zero-order chi connectivity index (χ0) is 47.1. The fraction of sp³-hybridized carbons (Fsp3) is 0. The van der Waals surface area contributed by atoms with Crippen LogP contribution in [0.25, 0.3) is 86.2 Å². The van der Waals surface area contributed by atoms with Crippen LogP contribution >= 0.6 is 11.3 Å². The van der Waals surface area contributed by atoms with E-state index in [-0.39, 0.29) is 0 Å². The van der Waals surface area contributed by atoms with Crippen molar-refractivity contribution in [1.82, 2.24) is 0 Å². The molecule has 12 aromatic carbocycles. The van der Waals surface area contributed by atoms with Crippen LogP contribution in [0.3, 0.4) is 0 Å². The van der Waals surface area contributed by atoms with Crippen molar-refractivity contribution in [1.29, 1.82) is 0 Å². The van der Waals surface area contributed by atoms with Crippen molar-refractivity contribution in [2.45, 2.75) is 0 Å². The fourth-order valence-corrected chi connectivity index (χ4v) is 11.7. The third-order valence-electron chi connectivity index (χ3n) is 13.8. The standard InChI is InChI=1S/C68H46N2S/c1-3-16-47(17-4-1)49-34-39-56(40-35-49)69(59-27-13-25-55(46-59)62-31-14-22-51-20-7-9-29-61(51)62)58-26-11-23-53(44-58)54-24-12-28-60(45-54)70(57-41-36-50(37-42-57)48-18-5-2-6-19-48)66-33-15-32-64-65-43-38-52-21-8-10-30-63(52)67(65)71-68(64)66/h1-46H. The van der Waals surface area contributed by atoms with E-state index in [1.807, 2.05) is 11.3 Å². The van der Waals surface area contributed by atoms with Gasteiger partial charge in [-0.25, -0.2) is 0 Å². The number of fused-ring (bicyclic) bond motifs is 6. The molecule has 0 saturated heterocycles. The molecule has 2 nitrogen and oxygen atoms in total. The van der Waals surface area contributed by atoms with Crippen LogP contribution in [-0.4, -0.2) is 0 Å². The molecule has 0 atom stereocenters. The highest BCUT2D eigenvalue weighted by molar-refractivity contribution is 7.27. The number of hydrogen-bond donors (Lipinski definition) is 0. The van der Waals surface area contributed by atoms with E-state index >= 15 is 0 Å². The second-order valence-corrected chi connectivity index (χ2v) is 19.1. The van der Waals surface area contributed by atoms with Gasteiger partial charge in [-0.1, -0.05) is 212 Å². The minimum atomic E-state index is 1.08. The van der Waals surface area contributed by atoms with Crippen molar-refractivity contribution in [2.75, 3.05) is 9.80 Å². The van der Waals surface area contributed by atoms with Crippen LogP contribution in [0.2, 0.25) is 0 Å². The van der Waals surface area contributed by atoms with Crippen molar-refractivity contribution in [3.8, 4) is 44.5 Å². The maximum absolute atomic E-state index is 2.45. The highest BCUT2D eigenvalue weighted by atomic mass is 32.1. The fourth-order valence-electron chi connectivity index (χ4n) is 10.4. The minimum Gasteiger partial charge on any atom is -0.310 e. The lowest BCUT2D eigenvalue weighted by Gasteiger charge is -2.28. The first-order valence-electron chi connectivity index (χ1n) is 24.2. The molecule has 3 heteroatoms. The normalized spacial score (nSPS) is 11.4. The molecule has 334 valence electrons. The lowest BCUT2D eigenvalue weighted by atomic mass is 9.97. The Hall–Kier alpha value is -9.02. The van der Waals surface area contributed by atoms with Crippen molar-refractivity contribution in [3.05, 3.63) is 279 Å². The molecule has 1 heterocycles. The van der Waals surface area contributed by atoms with Gasteiger partial charge in [-0.3, -0.25) is 0 Å². The molecule has 0 bridgehead atoms. The molecule has 0 aliphatic carbocycles. The van der Waals surface area contributed by atoms with Gasteiger partial charge in [-0.15, -0.1) is 11.3 Å². The van der Waals surface area contributed by atoms with Crippen molar-refractivity contribution in [3.63, 3.8) is 0 Å². The molecule has 71 heavy (non-hydrogen) atoms. The number of rotatable bonds is 10. The van der Waals surface area contributed by atoms with Gasteiger partial charge < -0.3 is 9.80 Å². The Morgan fingerprint density at radius 1 is 0.225 bits per heavy atom. The van der Waals surface area contributed by atoms with E-state index in [9.17, 15) is 0 Å². The summed E-state index contributed by atoms with van der Waals surface area (Å²) in [4.78, 5) is 4.84. The topological polar surface area (TPSA) is 6.48 Å². The summed E-state index contributed by atoms with van der Waals surface area (Å²) in [6.45, 7) is 0. The molecule has 13 aromatic rings. The third kappa shape index (κ3) is 7.89. The molecule has 13 rings (SSSR count). The van der Waals surface area contributed by atoms with Crippen LogP contribution in [0.4, 0.5) is 34.1 Å². The number of hydrogen-bond acceptors (Lipinski definition) is 3. The van der Waals surface area contributed by atoms with Gasteiger partial charge in [0.1, 0.15) is 0 Å². The zero-order valence-electron chi connectivity index (χ0n) is 38.9. The van der Waals surface area contributed by atoms with Crippen LogP contribution in [0.15, 0.2) is 279 Å². The molecule has 0 amide bonds. The quantitative estimate of drug-likeness (QED) is 0.135. The lowest BCUT2D eigenvalue weighted by Crippen LogP contribution is -2.10. The van der Waals surface area contributed by atoms with E-state index in [2.05, 4.69) is 289 Å². The molecular formula is C68H46N2S. The SMILES string of the molecule is c1ccc(-c2ccc(N(c3cccc(-c4cccc(N(c5ccc(-c6ccccc6)cc5)c5cccc6c5sc5c7ccccc7ccc65)c4)c3)c3cccc(-c4cccc5ccccc45)c3)cc2)cc1. The summed E-state index contributed by atoms with van der Waals surface area (Å²) in [6, 6.07) is 102. The zero-order valence-corrected chi connectivity index (χ0v) is 39.7. The van der Waals surface area contributed by atoms with Crippen LogP contribution in [0, 0.1) is 0 Å². The van der Waals surface area contributed by atoms with Crippen molar-refractivity contribution in [2.24, 2.45) is 0 Å². The number of thiophene rings is 1. The Balaban J connectivity index is 0.942. The third-order valence-corrected chi connectivity index (χ3v) is 15.1. The molecule has 0 unspecified atom stereocenters. The molecule has 0 spiro atoms. The second kappa shape index (κ2) is 18.1. The Bertz CT molecular complexity index is 4040. The van der Waals surface area contributed by atoms with Gasteiger partial charge >= 0.3 is 0 Å². The maximum atomic E-state index is 2.45. The van der Waals surface area contributed by atoms with Crippen LogP contribution in [-0.2, 0) is 0 Å². The summed E-state index contributed by atoms with van der Waals surface area (Å²) in [5, 5.41) is 7.58. The Morgan fingerprint density at radius 3 is 1.28 bits per heavy atom. The molecule has 1 aromatic heterocycles.